The fourth-order valence-electron chi connectivity index (χ4n) is 0.136. The molecule has 0 aliphatic heterocycles. The van der Waals surface area contributed by atoms with E-state index >= 15 is 0 Å². The van der Waals surface area contributed by atoms with Crippen LogP contribution in [0, 0.1) is 0 Å². The smallest absolute Gasteiger partial charge is 0.103 e. The quantitative estimate of drug-likeness (QED) is 0.315. The molecule has 0 N–H and O–H groups in total. The molecule has 0 rings (SSSR count). The average molecular weight is 119 g/mol. The highest BCUT2D eigenvalue weighted by molar-refractivity contribution is 8.76. The first kappa shape index (κ1) is 6.76. The van der Waals surface area contributed by atoms with Gasteiger partial charge in [0.15, 0.2) is 0 Å². The molecule has 0 aromatic carbocycles. The maximum absolute atomic E-state index is 2.15. The summed E-state index contributed by atoms with van der Waals surface area (Å²) in [6.45, 7) is 2.07. The van der Waals surface area contributed by atoms with Crippen molar-refractivity contribution in [2.24, 2.45) is 0 Å². The molecule has 3 heteroatoms. The van der Waals surface area contributed by atoms with Gasteiger partial charge in [0.2, 0.25) is 0 Å². The minimum absolute atomic E-state index is 1.17. The Morgan fingerprint density at radius 2 is 2.33 bits per heavy atom. The lowest BCUT2D eigenvalue weighted by Gasteiger charge is -1.84. The van der Waals surface area contributed by atoms with E-state index in [2.05, 4.69) is 20.4 Å². The lowest BCUT2D eigenvalue weighted by molar-refractivity contribution is 2.08. The van der Waals surface area contributed by atoms with E-state index in [0.29, 0.717) is 0 Å². The zero-order valence-corrected chi connectivity index (χ0v) is 5.73. The molecule has 0 spiro atoms. The third-order valence-corrected chi connectivity index (χ3v) is 2.17. The van der Waals surface area contributed by atoms with Crippen LogP contribution in [0.2, 0.25) is 6.82 Å². The average Bonchev–Trinajstić information content (AvgIpc) is 1.61. The second-order valence-corrected chi connectivity index (χ2v) is 3.47. The summed E-state index contributed by atoms with van der Waals surface area (Å²) in [7, 11) is 5.83. The molecule has 0 bridgehead atoms. The van der Waals surface area contributed by atoms with E-state index < -0.39 is 0 Å². The Morgan fingerprint density at radius 1 is 1.67 bits per heavy atom. The molecule has 6 heavy (non-hydrogen) atoms. The third kappa shape index (κ3) is 4.76. The van der Waals surface area contributed by atoms with Crippen molar-refractivity contribution in [3.05, 3.63) is 0 Å². The van der Waals surface area contributed by atoms with E-state index in [-0.39, 0.29) is 0 Å². The highest BCUT2D eigenvalue weighted by Gasteiger charge is 1.77. The molecule has 0 saturated carbocycles. The highest BCUT2D eigenvalue weighted by atomic mass is 33.1. The molecule has 0 unspecified atom stereocenters. The van der Waals surface area contributed by atoms with Crippen molar-refractivity contribution in [3.8, 4) is 0 Å². The van der Waals surface area contributed by atoms with Gasteiger partial charge in [-0.3, -0.25) is 0 Å². The van der Waals surface area contributed by atoms with E-state index in [1.165, 1.54) is 5.65 Å². The summed E-state index contributed by atoms with van der Waals surface area (Å²) < 4.78 is 0. The zero-order valence-electron chi connectivity index (χ0n) is 4.10. The van der Waals surface area contributed by atoms with Gasteiger partial charge >= 0.3 is 0 Å². The van der Waals surface area contributed by atoms with Crippen LogP contribution >= 0.6 is 21.6 Å². The van der Waals surface area contributed by atoms with Crippen molar-refractivity contribution < 1.29 is 0 Å². The normalized spacial score (nSPS) is 8.33. The predicted octanol–water partition coefficient (Wildman–Crippen LogP) is 1.71. The Hall–Kier alpha value is 0.765. The first-order valence-electron chi connectivity index (χ1n) is 1.85. The van der Waals surface area contributed by atoms with Gasteiger partial charge in [-0.15, -0.1) is 10.8 Å². The summed E-state index contributed by atoms with van der Waals surface area (Å²) in [4.78, 5) is 0. The summed E-state index contributed by atoms with van der Waals surface area (Å²) in [5.41, 5.74) is 1.17. The first-order chi connectivity index (χ1) is 2.91. The van der Waals surface area contributed by atoms with Gasteiger partial charge in [0, 0.05) is 0 Å². The molecule has 1 radical (unpaired) electrons. The zero-order chi connectivity index (χ0) is 4.83. The van der Waals surface area contributed by atoms with Crippen LogP contribution in [0.15, 0.2) is 0 Å². The van der Waals surface area contributed by atoms with Gasteiger partial charge in [0.25, 0.3) is 0 Å². The molecule has 0 amide bonds. The molecule has 0 atom stereocenters. The Labute approximate surface area is 48.1 Å². The van der Waals surface area contributed by atoms with Crippen molar-refractivity contribution in [1.82, 2.24) is 0 Å². The van der Waals surface area contributed by atoms with Gasteiger partial charge < -0.3 is 0 Å². The summed E-state index contributed by atoms with van der Waals surface area (Å²) in [5.74, 6) is 0. The number of rotatable bonds is 3. The van der Waals surface area contributed by atoms with Gasteiger partial charge in [-0.05, 0) is 11.9 Å². The van der Waals surface area contributed by atoms with Gasteiger partial charge in [-0.2, -0.15) is 0 Å². The van der Waals surface area contributed by atoms with Crippen molar-refractivity contribution in [2.45, 2.75) is 6.82 Å². The number of hydrogen-bond donors (Lipinski definition) is 0. The minimum atomic E-state index is 1.17. The predicted molar refractivity (Wildman–Crippen MR) is 37.6 cm³/mol. The Bertz CT molecular complexity index is 20.8. The van der Waals surface area contributed by atoms with Gasteiger partial charge in [0.1, 0.15) is 7.28 Å². The topological polar surface area (TPSA) is 0 Å². The first-order valence-corrected chi connectivity index (χ1v) is 4.58. The lowest BCUT2D eigenvalue weighted by Crippen LogP contribution is -1.80. The van der Waals surface area contributed by atoms with Gasteiger partial charge in [-0.25, -0.2) is 0 Å². The summed E-state index contributed by atoms with van der Waals surface area (Å²) in [6.07, 6.45) is 2.09. The summed E-state index contributed by atoms with van der Waals surface area (Å²) >= 11 is 0. The van der Waals surface area contributed by atoms with Crippen LogP contribution in [0.3, 0.4) is 0 Å². The van der Waals surface area contributed by atoms with Crippen molar-refractivity contribution >= 4 is 28.9 Å². The summed E-state index contributed by atoms with van der Waals surface area (Å²) in [6, 6.07) is 0. The molecule has 0 aliphatic carbocycles. The number of hydrogen-bond acceptors (Lipinski definition) is 2. The van der Waals surface area contributed by atoms with Crippen LogP contribution in [-0.4, -0.2) is 19.2 Å². The fourth-order valence-corrected chi connectivity index (χ4v) is 1.22. The third-order valence-electron chi connectivity index (χ3n) is 0.353. The van der Waals surface area contributed by atoms with E-state index in [1.54, 1.807) is 0 Å². The van der Waals surface area contributed by atoms with Crippen LogP contribution in [0.25, 0.3) is 0 Å². The monoisotopic (exact) mass is 119 g/mol. The molecule has 0 aliphatic rings. The van der Waals surface area contributed by atoms with E-state index in [4.69, 9.17) is 0 Å². The summed E-state index contributed by atoms with van der Waals surface area (Å²) in [5, 5.41) is 0. The van der Waals surface area contributed by atoms with E-state index in [1.807, 2.05) is 21.6 Å². The lowest BCUT2D eigenvalue weighted by atomic mass is 9.87. The van der Waals surface area contributed by atoms with E-state index in [0.717, 1.165) is 0 Å². The van der Waals surface area contributed by atoms with Crippen LogP contribution in [0.1, 0.15) is 0 Å². The molecule has 0 saturated heterocycles. The van der Waals surface area contributed by atoms with Crippen molar-refractivity contribution in [1.29, 1.82) is 0 Å². The Morgan fingerprint density at radius 3 is 2.50 bits per heavy atom. The minimum Gasteiger partial charge on any atom is -0.103 e. The maximum Gasteiger partial charge on any atom is 0.120 e. The fraction of sp³-hybridized carbons (Fsp3) is 1.00. The van der Waals surface area contributed by atoms with Gasteiger partial charge in [0.05, 0.1) is 0 Å². The van der Waals surface area contributed by atoms with Crippen LogP contribution in [0.4, 0.5) is 0 Å². The molecular formula is C3H8BS2. The van der Waals surface area contributed by atoms with Crippen molar-refractivity contribution in [3.63, 3.8) is 0 Å². The Kier molecular flexibility index (Phi) is 6.50. The molecule has 0 fully saturated rings. The SMILES string of the molecule is C[B]CSSC. The molecule has 35 valence electrons. The second-order valence-electron chi connectivity index (χ2n) is 0.859. The Balaban J connectivity index is 2.34. The molecule has 0 aromatic heterocycles. The standard InChI is InChI=1S/C3H8BS2/c1-4-3-6-5-2/h3H2,1-2H3. The van der Waals surface area contributed by atoms with Gasteiger partial charge in [-0.1, -0.05) is 17.6 Å². The van der Waals surface area contributed by atoms with Crippen LogP contribution in [0.5, 0.6) is 0 Å². The maximum atomic E-state index is 2.15. The molecule has 0 aromatic rings. The van der Waals surface area contributed by atoms with Crippen LogP contribution < -0.4 is 0 Å². The second kappa shape index (κ2) is 5.76. The van der Waals surface area contributed by atoms with Crippen LogP contribution in [-0.2, 0) is 0 Å². The van der Waals surface area contributed by atoms with Crippen molar-refractivity contribution in [2.75, 3.05) is 11.9 Å². The molecular weight excluding hydrogens is 111 g/mol. The highest BCUT2D eigenvalue weighted by Crippen LogP contribution is 2.14. The van der Waals surface area contributed by atoms with E-state index in [9.17, 15) is 0 Å². The molecule has 0 nitrogen and oxygen atoms in total. The molecule has 0 heterocycles. The largest absolute Gasteiger partial charge is 0.120 e.